The minimum absolute atomic E-state index is 0.224. The van der Waals surface area contributed by atoms with E-state index >= 15 is 0 Å². The molecule has 4 aromatic rings. The number of pyridine rings is 1. The third kappa shape index (κ3) is 3.94. The topological polar surface area (TPSA) is 76.2 Å². The second kappa shape index (κ2) is 8.10. The Hall–Kier alpha value is -3.87. The van der Waals surface area contributed by atoms with Gasteiger partial charge in [0.15, 0.2) is 5.82 Å². The molecule has 1 aromatic carbocycles. The molecule has 156 valence electrons. The summed E-state index contributed by atoms with van der Waals surface area (Å²) < 4.78 is 7.48. The molecule has 1 atom stereocenters. The number of aromatic nitrogens is 3. The first kappa shape index (κ1) is 19.1. The Kier molecular flexibility index (Phi) is 5.00. The zero-order valence-electron chi connectivity index (χ0n) is 17.2. The Labute approximate surface area is 180 Å². The van der Waals surface area contributed by atoms with Crippen LogP contribution in [0.25, 0.3) is 0 Å². The van der Waals surface area contributed by atoms with E-state index in [9.17, 15) is 4.79 Å². The highest BCUT2D eigenvalue weighted by Gasteiger charge is 2.28. The van der Waals surface area contributed by atoms with Crippen molar-refractivity contribution in [1.29, 1.82) is 0 Å². The van der Waals surface area contributed by atoms with Crippen molar-refractivity contribution in [3.63, 3.8) is 0 Å². The summed E-state index contributed by atoms with van der Waals surface area (Å²) in [6, 6.07) is 16.1. The van der Waals surface area contributed by atoms with Gasteiger partial charge in [-0.15, -0.1) is 0 Å². The van der Waals surface area contributed by atoms with Crippen LogP contribution in [0.15, 0.2) is 77.8 Å². The average molecular weight is 413 g/mol. The molecule has 31 heavy (non-hydrogen) atoms. The number of benzene rings is 1. The fourth-order valence-electron chi connectivity index (χ4n) is 4.07. The maximum atomic E-state index is 12.9. The van der Waals surface area contributed by atoms with E-state index in [0.717, 1.165) is 12.0 Å². The average Bonchev–Trinajstić information content (AvgIpc) is 3.49. The Morgan fingerprint density at radius 3 is 2.84 bits per heavy atom. The Morgan fingerprint density at radius 1 is 1.13 bits per heavy atom. The van der Waals surface area contributed by atoms with E-state index in [1.54, 1.807) is 35.5 Å². The summed E-state index contributed by atoms with van der Waals surface area (Å²) in [5.41, 5.74) is 4.15. The van der Waals surface area contributed by atoms with Crippen molar-refractivity contribution in [3.8, 4) is 0 Å². The van der Waals surface area contributed by atoms with Crippen LogP contribution in [0.5, 0.6) is 0 Å². The number of fused-ring (bicyclic) bond motifs is 1. The molecule has 7 heteroatoms. The van der Waals surface area contributed by atoms with Gasteiger partial charge in [0.05, 0.1) is 24.9 Å². The molecule has 4 heterocycles. The third-order valence-electron chi connectivity index (χ3n) is 5.63. The summed E-state index contributed by atoms with van der Waals surface area (Å²) in [5.74, 6) is 0.932. The predicted molar refractivity (Wildman–Crippen MR) is 118 cm³/mol. The van der Waals surface area contributed by atoms with Crippen LogP contribution in [0.1, 0.15) is 34.2 Å². The lowest BCUT2D eigenvalue weighted by molar-refractivity contribution is 0.102. The zero-order valence-corrected chi connectivity index (χ0v) is 17.2. The van der Waals surface area contributed by atoms with Gasteiger partial charge in [-0.25, -0.2) is 0 Å². The molecule has 1 amide bonds. The van der Waals surface area contributed by atoms with Gasteiger partial charge in [-0.2, -0.15) is 5.10 Å². The van der Waals surface area contributed by atoms with Crippen LogP contribution < -0.4 is 10.2 Å². The number of hydrogen-bond acceptors (Lipinski definition) is 5. The van der Waals surface area contributed by atoms with Crippen molar-refractivity contribution < 1.29 is 9.21 Å². The number of carbonyl (C=O) groups excluding carboxylic acids is 1. The van der Waals surface area contributed by atoms with Gasteiger partial charge in [-0.3, -0.25) is 14.5 Å². The first-order valence-electron chi connectivity index (χ1n) is 10.3. The highest BCUT2D eigenvalue weighted by Crippen LogP contribution is 2.33. The first-order chi connectivity index (χ1) is 15.2. The van der Waals surface area contributed by atoms with Gasteiger partial charge in [0.2, 0.25) is 0 Å². The summed E-state index contributed by atoms with van der Waals surface area (Å²) in [6.07, 6.45) is 7.91. The van der Waals surface area contributed by atoms with Crippen molar-refractivity contribution in [1.82, 2.24) is 14.8 Å². The minimum Gasteiger partial charge on any atom is -0.467 e. The lowest BCUT2D eigenvalue weighted by atomic mass is 10.1. The van der Waals surface area contributed by atoms with Crippen LogP contribution in [0.3, 0.4) is 0 Å². The van der Waals surface area contributed by atoms with E-state index in [1.807, 2.05) is 24.4 Å². The molecule has 0 radical (unpaired) electrons. The Bertz CT molecular complexity index is 1200. The molecular formula is C24H23N5O2. The summed E-state index contributed by atoms with van der Waals surface area (Å²) >= 11 is 0. The number of rotatable bonds is 6. The van der Waals surface area contributed by atoms with Crippen LogP contribution in [0.4, 0.5) is 11.5 Å². The van der Waals surface area contributed by atoms with Gasteiger partial charge in [-0.05, 0) is 48.7 Å². The second-order valence-corrected chi connectivity index (χ2v) is 7.78. The van der Waals surface area contributed by atoms with Crippen molar-refractivity contribution in [2.75, 3.05) is 10.2 Å². The lowest BCUT2D eigenvalue weighted by Crippen LogP contribution is -2.29. The molecule has 0 aliphatic carbocycles. The molecule has 1 unspecified atom stereocenters. The van der Waals surface area contributed by atoms with E-state index in [1.165, 1.54) is 11.3 Å². The highest BCUT2D eigenvalue weighted by molar-refractivity contribution is 6.04. The van der Waals surface area contributed by atoms with Gasteiger partial charge in [0, 0.05) is 36.4 Å². The van der Waals surface area contributed by atoms with Gasteiger partial charge >= 0.3 is 0 Å². The zero-order chi connectivity index (χ0) is 21.2. The number of amides is 1. The third-order valence-corrected chi connectivity index (χ3v) is 5.63. The van der Waals surface area contributed by atoms with E-state index in [4.69, 9.17) is 4.42 Å². The maximum absolute atomic E-state index is 12.9. The van der Waals surface area contributed by atoms with Crippen LogP contribution in [0, 0.1) is 0 Å². The number of furan rings is 1. The van der Waals surface area contributed by atoms with Crippen LogP contribution in [-0.4, -0.2) is 26.7 Å². The molecule has 1 aliphatic heterocycles. The highest BCUT2D eigenvalue weighted by atomic mass is 16.3. The number of para-hydroxylation sites is 1. The van der Waals surface area contributed by atoms with Gasteiger partial charge in [0.1, 0.15) is 5.76 Å². The summed E-state index contributed by atoms with van der Waals surface area (Å²) in [5, 5.41) is 7.34. The van der Waals surface area contributed by atoms with Gasteiger partial charge < -0.3 is 14.6 Å². The molecule has 1 aliphatic rings. The predicted octanol–water partition coefficient (Wildman–Crippen LogP) is 4.12. The monoisotopic (exact) mass is 413 g/mol. The molecule has 3 aromatic heterocycles. The number of nitrogens with zero attached hydrogens (tertiary/aromatic N) is 4. The molecule has 7 nitrogen and oxygen atoms in total. The quantitative estimate of drug-likeness (QED) is 0.515. The summed E-state index contributed by atoms with van der Waals surface area (Å²) in [4.78, 5) is 19.2. The van der Waals surface area contributed by atoms with Crippen LogP contribution >= 0.6 is 0 Å². The first-order valence-corrected chi connectivity index (χ1v) is 10.3. The smallest absolute Gasteiger partial charge is 0.260 e. The van der Waals surface area contributed by atoms with E-state index in [0.29, 0.717) is 36.3 Å². The van der Waals surface area contributed by atoms with Crippen LogP contribution in [0.2, 0.25) is 0 Å². The molecule has 0 spiro atoms. The second-order valence-electron chi connectivity index (χ2n) is 7.78. The normalized spacial score (nSPS) is 15.1. The van der Waals surface area contributed by atoms with Crippen molar-refractivity contribution in [2.45, 2.75) is 32.5 Å². The van der Waals surface area contributed by atoms with E-state index < -0.39 is 0 Å². The molecule has 5 rings (SSSR count). The minimum atomic E-state index is -0.224. The SMILES string of the molecule is CC1Cc2ccccc2N1Cc1occc1C(=O)Nc1ccn(Cc2ccncc2)n1. The fourth-order valence-corrected chi connectivity index (χ4v) is 4.07. The number of hydrogen-bond donors (Lipinski definition) is 1. The summed E-state index contributed by atoms with van der Waals surface area (Å²) in [7, 11) is 0. The molecular weight excluding hydrogens is 390 g/mol. The number of anilines is 2. The van der Waals surface area contributed by atoms with Crippen molar-refractivity contribution in [3.05, 3.63) is 95.8 Å². The number of carbonyl (C=O) groups is 1. The lowest BCUT2D eigenvalue weighted by Gasteiger charge is -2.24. The standard InChI is InChI=1S/C24H23N5O2/c1-17-14-19-4-2-3-5-21(19)29(17)16-22-20(9-13-31-22)24(30)26-23-8-12-28(27-23)15-18-6-10-25-11-7-18/h2-13,17H,14-16H2,1H3,(H,26,27,30). The molecule has 0 bridgehead atoms. The Morgan fingerprint density at radius 2 is 1.97 bits per heavy atom. The van der Waals surface area contributed by atoms with Gasteiger partial charge in [0.25, 0.3) is 5.91 Å². The number of nitrogens with one attached hydrogen (secondary N) is 1. The van der Waals surface area contributed by atoms with E-state index in [-0.39, 0.29) is 5.91 Å². The maximum Gasteiger partial charge on any atom is 0.260 e. The fraction of sp³-hybridized carbons (Fsp3) is 0.208. The summed E-state index contributed by atoms with van der Waals surface area (Å²) in [6.45, 7) is 3.35. The van der Waals surface area contributed by atoms with Crippen molar-refractivity contribution >= 4 is 17.4 Å². The molecule has 1 N–H and O–H groups in total. The molecule has 0 fully saturated rings. The van der Waals surface area contributed by atoms with E-state index in [2.05, 4.69) is 45.4 Å². The molecule has 0 saturated heterocycles. The van der Waals surface area contributed by atoms with Crippen LogP contribution in [-0.2, 0) is 19.5 Å². The Balaban J connectivity index is 1.28. The van der Waals surface area contributed by atoms with Gasteiger partial charge in [-0.1, -0.05) is 18.2 Å². The molecule has 0 saturated carbocycles. The van der Waals surface area contributed by atoms with Crippen molar-refractivity contribution in [2.24, 2.45) is 0 Å². The largest absolute Gasteiger partial charge is 0.467 e.